The fraction of sp³-hybridized carbons (Fsp3) is 0.571. The SMILES string of the molecule is COc1ccc(C(CNC(C)(C)C)OC)cc1. The summed E-state index contributed by atoms with van der Waals surface area (Å²) in [6.07, 6.45) is 0.0696. The lowest BCUT2D eigenvalue weighted by Gasteiger charge is -2.25. The molecule has 1 aromatic rings. The standard InChI is InChI=1S/C14H23NO2/c1-14(2,3)15-10-13(17-5)11-6-8-12(16-4)9-7-11/h6-9,13,15H,10H2,1-5H3. The molecule has 0 aliphatic carbocycles. The molecule has 0 amide bonds. The van der Waals surface area contributed by atoms with E-state index in [1.54, 1.807) is 14.2 Å². The Bertz CT molecular complexity index is 327. The van der Waals surface area contributed by atoms with E-state index in [1.807, 2.05) is 24.3 Å². The highest BCUT2D eigenvalue weighted by molar-refractivity contribution is 5.28. The van der Waals surface area contributed by atoms with E-state index in [-0.39, 0.29) is 11.6 Å². The van der Waals surface area contributed by atoms with Crippen LogP contribution in [0.15, 0.2) is 24.3 Å². The summed E-state index contributed by atoms with van der Waals surface area (Å²) < 4.78 is 10.6. The Balaban J connectivity index is 2.66. The first-order chi connectivity index (χ1) is 7.96. The minimum absolute atomic E-state index is 0.0696. The molecular formula is C14H23NO2. The highest BCUT2D eigenvalue weighted by Crippen LogP contribution is 2.20. The van der Waals surface area contributed by atoms with Gasteiger partial charge in [-0.2, -0.15) is 0 Å². The summed E-state index contributed by atoms with van der Waals surface area (Å²) in [6, 6.07) is 7.99. The Morgan fingerprint density at radius 3 is 2.12 bits per heavy atom. The number of nitrogens with one attached hydrogen (secondary N) is 1. The molecule has 96 valence electrons. The molecule has 0 aromatic heterocycles. The molecule has 0 spiro atoms. The fourth-order valence-corrected chi connectivity index (χ4v) is 1.55. The van der Waals surface area contributed by atoms with Crippen LogP contribution in [0.5, 0.6) is 5.75 Å². The van der Waals surface area contributed by atoms with Gasteiger partial charge < -0.3 is 14.8 Å². The van der Waals surface area contributed by atoms with Gasteiger partial charge in [0.15, 0.2) is 0 Å². The predicted molar refractivity (Wildman–Crippen MR) is 70.5 cm³/mol. The van der Waals surface area contributed by atoms with E-state index in [0.29, 0.717) is 0 Å². The summed E-state index contributed by atoms with van der Waals surface area (Å²) in [5.74, 6) is 0.868. The fourth-order valence-electron chi connectivity index (χ4n) is 1.55. The van der Waals surface area contributed by atoms with Gasteiger partial charge in [0.25, 0.3) is 0 Å². The predicted octanol–water partition coefficient (Wildman–Crippen LogP) is 2.77. The molecule has 1 unspecified atom stereocenters. The van der Waals surface area contributed by atoms with Crippen molar-refractivity contribution in [3.8, 4) is 5.75 Å². The van der Waals surface area contributed by atoms with E-state index in [2.05, 4.69) is 26.1 Å². The highest BCUT2D eigenvalue weighted by atomic mass is 16.5. The quantitative estimate of drug-likeness (QED) is 0.854. The van der Waals surface area contributed by atoms with E-state index in [4.69, 9.17) is 9.47 Å². The van der Waals surface area contributed by atoms with Gasteiger partial charge in [0.1, 0.15) is 5.75 Å². The minimum Gasteiger partial charge on any atom is -0.497 e. The summed E-state index contributed by atoms with van der Waals surface area (Å²) >= 11 is 0. The minimum atomic E-state index is 0.0696. The lowest BCUT2D eigenvalue weighted by molar-refractivity contribution is 0.0959. The van der Waals surface area contributed by atoms with Gasteiger partial charge >= 0.3 is 0 Å². The number of methoxy groups -OCH3 is 2. The van der Waals surface area contributed by atoms with Crippen molar-refractivity contribution < 1.29 is 9.47 Å². The van der Waals surface area contributed by atoms with Crippen LogP contribution < -0.4 is 10.1 Å². The maximum Gasteiger partial charge on any atom is 0.118 e. The lowest BCUT2D eigenvalue weighted by atomic mass is 10.1. The normalized spacial score (nSPS) is 13.5. The molecule has 0 heterocycles. The molecular weight excluding hydrogens is 214 g/mol. The van der Waals surface area contributed by atoms with Crippen LogP contribution in [0.3, 0.4) is 0 Å². The topological polar surface area (TPSA) is 30.5 Å². The van der Waals surface area contributed by atoms with Gasteiger partial charge in [-0.1, -0.05) is 12.1 Å². The average Bonchev–Trinajstić information content (AvgIpc) is 2.29. The van der Waals surface area contributed by atoms with E-state index in [0.717, 1.165) is 17.9 Å². The second-order valence-electron chi connectivity index (χ2n) is 5.13. The molecule has 0 aliphatic rings. The monoisotopic (exact) mass is 237 g/mol. The summed E-state index contributed by atoms with van der Waals surface area (Å²) in [5, 5.41) is 3.44. The van der Waals surface area contributed by atoms with Crippen LogP contribution in [-0.4, -0.2) is 26.3 Å². The van der Waals surface area contributed by atoms with E-state index in [1.165, 1.54) is 0 Å². The first-order valence-electron chi connectivity index (χ1n) is 5.88. The first-order valence-corrected chi connectivity index (χ1v) is 5.88. The van der Waals surface area contributed by atoms with Gasteiger partial charge in [-0.05, 0) is 38.5 Å². The number of hydrogen-bond donors (Lipinski definition) is 1. The molecule has 0 aliphatic heterocycles. The zero-order chi connectivity index (χ0) is 12.9. The molecule has 1 aromatic carbocycles. The number of ether oxygens (including phenoxy) is 2. The number of benzene rings is 1. The summed E-state index contributed by atoms with van der Waals surface area (Å²) in [7, 11) is 3.41. The Kier molecular flexibility index (Phi) is 4.97. The third-order valence-electron chi connectivity index (χ3n) is 2.59. The second kappa shape index (κ2) is 6.03. The van der Waals surface area contributed by atoms with Gasteiger partial charge in [0, 0.05) is 19.2 Å². The van der Waals surface area contributed by atoms with E-state index < -0.39 is 0 Å². The molecule has 3 nitrogen and oxygen atoms in total. The van der Waals surface area contributed by atoms with Crippen LogP contribution in [0.2, 0.25) is 0 Å². The van der Waals surface area contributed by atoms with Crippen LogP contribution in [0.4, 0.5) is 0 Å². The van der Waals surface area contributed by atoms with Crippen molar-refractivity contribution in [2.75, 3.05) is 20.8 Å². The maximum absolute atomic E-state index is 5.50. The molecule has 0 saturated heterocycles. The van der Waals surface area contributed by atoms with Crippen LogP contribution in [-0.2, 0) is 4.74 Å². The second-order valence-corrected chi connectivity index (χ2v) is 5.13. The summed E-state index contributed by atoms with van der Waals surface area (Å²) in [5.41, 5.74) is 1.26. The average molecular weight is 237 g/mol. The van der Waals surface area contributed by atoms with Crippen LogP contribution in [0.25, 0.3) is 0 Å². The summed E-state index contributed by atoms with van der Waals surface area (Å²) in [6.45, 7) is 7.24. The van der Waals surface area contributed by atoms with Crippen molar-refractivity contribution in [2.45, 2.75) is 32.4 Å². The lowest BCUT2D eigenvalue weighted by Crippen LogP contribution is -2.38. The molecule has 3 heteroatoms. The smallest absolute Gasteiger partial charge is 0.118 e. The van der Waals surface area contributed by atoms with Crippen LogP contribution in [0, 0.1) is 0 Å². The van der Waals surface area contributed by atoms with Crippen LogP contribution >= 0.6 is 0 Å². The van der Waals surface area contributed by atoms with Crippen molar-refractivity contribution in [3.63, 3.8) is 0 Å². The van der Waals surface area contributed by atoms with Crippen molar-refractivity contribution in [1.29, 1.82) is 0 Å². The van der Waals surface area contributed by atoms with Crippen molar-refractivity contribution in [3.05, 3.63) is 29.8 Å². The van der Waals surface area contributed by atoms with Gasteiger partial charge in [-0.15, -0.1) is 0 Å². The zero-order valence-electron chi connectivity index (χ0n) is 11.4. The third kappa shape index (κ3) is 4.75. The first kappa shape index (κ1) is 14.0. The molecule has 0 radical (unpaired) electrons. The van der Waals surface area contributed by atoms with Gasteiger partial charge in [-0.25, -0.2) is 0 Å². The number of rotatable bonds is 5. The molecule has 1 atom stereocenters. The van der Waals surface area contributed by atoms with E-state index >= 15 is 0 Å². The molecule has 0 fully saturated rings. The molecule has 17 heavy (non-hydrogen) atoms. The Morgan fingerprint density at radius 1 is 1.12 bits per heavy atom. The Morgan fingerprint density at radius 2 is 1.71 bits per heavy atom. The van der Waals surface area contributed by atoms with Crippen molar-refractivity contribution in [1.82, 2.24) is 5.32 Å². The zero-order valence-corrected chi connectivity index (χ0v) is 11.4. The maximum atomic E-state index is 5.50. The largest absolute Gasteiger partial charge is 0.497 e. The number of hydrogen-bond acceptors (Lipinski definition) is 3. The molecule has 1 N–H and O–H groups in total. The highest BCUT2D eigenvalue weighted by Gasteiger charge is 2.15. The van der Waals surface area contributed by atoms with E-state index in [9.17, 15) is 0 Å². The Labute approximate surface area is 104 Å². The van der Waals surface area contributed by atoms with Crippen molar-refractivity contribution >= 4 is 0 Å². The van der Waals surface area contributed by atoms with Gasteiger partial charge in [0.2, 0.25) is 0 Å². The molecule has 0 saturated carbocycles. The Hall–Kier alpha value is -1.06. The molecule has 1 rings (SSSR count). The van der Waals surface area contributed by atoms with Crippen molar-refractivity contribution in [2.24, 2.45) is 0 Å². The third-order valence-corrected chi connectivity index (χ3v) is 2.59. The summed E-state index contributed by atoms with van der Waals surface area (Å²) in [4.78, 5) is 0. The van der Waals surface area contributed by atoms with Crippen LogP contribution in [0.1, 0.15) is 32.4 Å². The van der Waals surface area contributed by atoms with Gasteiger partial charge in [0.05, 0.1) is 13.2 Å². The molecule has 0 bridgehead atoms. The van der Waals surface area contributed by atoms with Gasteiger partial charge in [-0.3, -0.25) is 0 Å².